The van der Waals surface area contributed by atoms with Crippen molar-refractivity contribution in [3.63, 3.8) is 0 Å². The summed E-state index contributed by atoms with van der Waals surface area (Å²) in [6, 6.07) is 7.24. The topological polar surface area (TPSA) is 46.2 Å². The molecule has 0 bridgehead atoms. The van der Waals surface area contributed by atoms with Gasteiger partial charge in [0.15, 0.2) is 0 Å². The molecule has 0 radical (unpaired) electrons. The van der Waals surface area contributed by atoms with Gasteiger partial charge in [0.25, 0.3) is 0 Å². The van der Waals surface area contributed by atoms with E-state index < -0.39 is 0 Å². The summed E-state index contributed by atoms with van der Waals surface area (Å²) in [5, 5.41) is 7.07. The van der Waals surface area contributed by atoms with E-state index in [4.69, 9.17) is 4.74 Å². The average Bonchev–Trinajstić information content (AvgIpc) is 2.40. The van der Waals surface area contributed by atoms with E-state index in [9.17, 15) is 0 Å². The van der Waals surface area contributed by atoms with Gasteiger partial charge in [-0.2, -0.15) is 0 Å². The number of nitrogens with zero attached hydrogens (tertiary/aromatic N) is 1. The number of nitrogens with one attached hydrogen (secondary N) is 2. The summed E-state index contributed by atoms with van der Waals surface area (Å²) >= 11 is 0. The van der Waals surface area contributed by atoms with Crippen molar-refractivity contribution in [3.8, 4) is 0 Å². The molecule has 1 aliphatic heterocycles. The van der Waals surface area contributed by atoms with Gasteiger partial charge in [0, 0.05) is 30.9 Å². The molecule has 2 rings (SSSR count). The highest BCUT2D eigenvalue weighted by molar-refractivity contribution is 5.07. The highest BCUT2D eigenvalue weighted by Gasteiger charge is 2.17. The van der Waals surface area contributed by atoms with Gasteiger partial charge in [-0.05, 0) is 32.4 Å². The summed E-state index contributed by atoms with van der Waals surface area (Å²) < 4.78 is 5.47. The van der Waals surface area contributed by atoms with Gasteiger partial charge in [-0.1, -0.05) is 6.07 Å². The highest BCUT2D eigenvalue weighted by atomic mass is 16.5. The lowest BCUT2D eigenvalue weighted by Crippen LogP contribution is -2.45. The minimum atomic E-state index is 0.283. The number of hydrogen-bond donors (Lipinski definition) is 2. The molecule has 0 amide bonds. The van der Waals surface area contributed by atoms with Gasteiger partial charge in [-0.15, -0.1) is 0 Å². The average molecular weight is 249 g/mol. The summed E-state index contributed by atoms with van der Waals surface area (Å²) in [5.41, 5.74) is 1.09. The predicted molar refractivity (Wildman–Crippen MR) is 72.5 cm³/mol. The predicted octanol–water partition coefficient (Wildman–Crippen LogP) is 1.50. The molecule has 1 aliphatic rings. The second-order valence-electron chi connectivity index (χ2n) is 5.01. The zero-order chi connectivity index (χ0) is 12.8. The van der Waals surface area contributed by atoms with Crippen molar-refractivity contribution in [2.45, 2.75) is 38.4 Å². The number of aromatic nitrogens is 1. The monoisotopic (exact) mass is 249 g/mol. The van der Waals surface area contributed by atoms with Crippen molar-refractivity contribution in [1.82, 2.24) is 15.6 Å². The fourth-order valence-electron chi connectivity index (χ4n) is 2.41. The zero-order valence-electron chi connectivity index (χ0n) is 11.2. The summed E-state index contributed by atoms with van der Waals surface area (Å²) in [5.74, 6) is 0. The molecule has 1 aromatic heterocycles. The highest BCUT2D eigenvalue weighted by Crippen LogP contribution is 2.11. The third-order valence-corrected chi connectivity index (χ3v) is 3.30. The van der Waals surface area contributed by atoms with E-state index >= 15 is 0 Å². The molecule has 1 fully saturated rings. The van der Waals surface area contributed by atoms with Gasteiger partial charge in [0.2, 0.25) is 0 Å². The van der Waals surface area contributed by atoms with Gasteiger partial charge in [0.05, 0.1) is 18.9 Å². The normalized spacial score (nSPS) is 23.6. The number of ether oxygens (including phenoxy) is 1. The number of pyridine rings is 1. The maximum atomic E-state index is 5.47. The second kappa shape index (κ2) is 6.83. The zero-order valence-corrected chi connectivity index (χ0v) is 11.2. The second-order valence-corrected chi connectivity index (χ2v) is 5.01. The molecule has 1 saturated heterocycles. The van der Waals surface area contributed by atoms with E-state index in [0.717, 1.165) is 31.9 Å². The summed E-state index contributed by atoms with van der Waals surface area (Å²) in [4.78, 5) is 4.38. The van der Waals surface area contributed by atoms with Crippen molar-refractivity contribution in [3.05, 3.63) is 30.1 Å². The maximum Gasteiger partial charge on any atom is 0.0620 e. The van der Waals surface area contributed by atoms with Crippen molar-refractivity contribution in [2.24, 2.45) is 0 Å². The van der Waals surface area contributed by atoms with Crippen LogP contribution in [0.1, 0.15) is 32.0 Å². The van der Waals surface area contributed by atoms with Gasteiger partial charge in [-0.25, -0.2) is 0 Å². The Morgan fingerprint density at radius 1 is 1.50 bits per heavy atom. The summed E-state index contributed by atoms with van der Waals surface area (Å²) in [6.07, 6.45) is 2.92. The largest absolute Gasteiger partial charge is 0.379 e. The minimum absolute atomic E-state index is 0.283. The van der Waals surface area contributed by atoms with Crippen LogP contribution in [0, 0.1) is 0 Å². The molecule has 0 aromatic carbocycles. The van der Waals surface area contributed by atoms with E-state index in [2.05, 4.69) is 35.5 Å². The van der Waals surface area contributed by atoms with Crippen LogP contribution >= 0.6 is 0 Å². The third-order valence-electron chi connectivity index (χ3n) is 3.30. The van der Waals surface area contributed by atoms with Crippen LogP contribution in [0.5, 0.6) is 0 Å². The first-order valence-corrected chi connectivity index (χ1v) is 6.74. The first kappa shape index (κ1) is 13.5. The molecule has 3 atom stereocenters. The lowest BCUT2D eigenvalue weighted by molar-refractivity contribution is 0.0708. The Kier molecular flexibility index (Phi) is 5.11. The number of rotatable bonds is 5. The number of hydrogen-bond acceptors (Lipinski definition) is 4. The van der Waals surface area contributed by atoms with Crippen LogP contribution in [0.2, 0.25) is 0 Å². The summed E-state index contributed by atoms with van der Waals surface area (Å²) in [6.45, 7) is 7.00. The smallest absolute Gasteiger partial charge is 0.0620 e. The molecule has 4 heteroatoms. The molecule has 2 N–H and O–H groups in total. The summed E-state index contributed by atoms with van der Waals surface area (Å²) in [7, 11) is 0. The lowest BCUT2D eigenvalue weighted by Gasteiger charge is -2.28. The minimum Gasteiger partial charge on any atom is -0.379 e. The first-order valence-electron chi connectivity index (χ1n) is 6.74. The Bertz CT molecular complexity index is 338. The van der Waals surface area contributed by atoms with Gasteiger partial charge in [-0.3, -0.25) is 4.98 Å². The van der Waals surface area contributed by atoms with Crippen molar-refractivity contribution in [1.29, 1.82) is 0 Å². The van der Waals surface area contributed by atoms with Crippen molar-refractivity contribution in [2.75, 3.05) is 19.8 Å². The maximum absolute atomic E-state index is 5.47. The molecule has 0 saturated carbocycles. The van der Waals surface area contributed by atoms with Gasteiger partial charge < -0.3 is 15.4 Å². The molecule has 2 heterocycles. The Morgan fingerprint density at radius 3 is 3.06 bits per heavy atom. The molecular formula is C14H23N3O. The number of morpholine rings is 1. The van der Waals surface area contributed by atoms with E-state index in [1.165, 1.54) is 0 Å². The SMILES string of the molecule is CC(CC1COCCN1)N[C@@H](C)c1ccccn1. The van der Waals surface area contributed by atoms with Crippen LogP contribution in [0.15, 0.2) is 24.4 Å². The van der Waals surface area contributed by atoms with Crippen LogP contribution in [-0.4, -0.2) is 36.8 Å². The van der Waals surface area contributed by atoms with Gasteiger partial charge in [0.1, 0.15) is 0 Å². The van der Waals surface area contributed by atoms with Crippen LogP contribution in [0.25, 0.3) is 0 Å². The Labute approximate surface area is 109 Å². The van der Waals surface area contributed by atoms with Crippen LogP contribution in [-0.2, 0) is 4.74 Å². The molecular weight excluding hydrogens is 226 g/mol. The van der Waals surface area contributed by atoms with Gasteiger partial charge >= 0.3 is 0 Å². The molecule has 100 valence electrons. The quantitative estimate of drug-likeness (QED) is 0.830. The fourth-order valence-corrected chi connectivity index (χ4v) is 2.41. The van der Waals surface area contributed by atoms with E-state index in [0.29, 0.717) is 12.1 Å². The van der Waals surface area contributed by atoms with Crippen molar-refractivity contribution < 1.29 is 4.74 Å². The molecule has 0 spiro atoms. The standard InChI is InChI=1S/C14H23N3O/c1-11(9-13-10-18-8-7-15-13)17-12(2)14-5-3-4-6-16-14/h3-6,11-13,15,17H,7-10H2,1-2H3/t11?,12-,13?/m0/s1. The molecule has 0 aliphatic carbocycles. The lowest BCUT2D eigenvalue weighted by atomic mass is 10.1. The Morgan fingerprint density at radius 2 is 2.39 bits per heavy atom. The first-order chi connectivity index (χ1) is 8.75. The molecule has 1 aromatic rings. The van der Waals surface area contributed by atoms with Crippen LogP contribution in [0.3, 0.4) is 0 Å². The molecule has 2 unspecified atom stereocenters. The van der Waals surface area contributed by atoms with Crippen LogP contribution in [0.4, 0.5) is 0 Å². The fraction of sp³-hybridized carbons (Fsp3) is 0.643. The van der Waals surface area contributed by atoms with Crippen LogP contribution < -0.4 is 10.6 Å². The third kappa shape index (κ3) is 4.05. The van der Waals surface area contributed by atoms with Crippen molar-refractivity contribution >= 4 is 0 Å². The van der Waals surface area contributed by atoms with E-state index in [1.54, 1.807) is 0 Å². The van der Waals surface area contributed by atoms with E-state index in [1.807, 2.05) is 18.3 Å². The van der Waals surface area contributed by atoms with E-state index in [-0.39, 0.29) is 6.04 Å². The molecule has 4 nitrogen and oxygen atoms in total. The Balaban J connectivity index is 1.78. The Hall–Kier alpha value is -0.970. The molecule has 18 heavy (non-hydrogen) atoms.